The summed E-state index contributed by atoms with van der Waals surface area (Å²) in [7, 11) is 0. The van der Waals surface area contributed by atoms with Crippen LogP contribution in [0.5, 0.6) is 0 Å². The van der Waals surface area contributed by atoms with E-state index in [1.165, 1.54) is 0 Å². The molecule has 0 radical (unpaired) electrons. The molecule has 0 bridgehead atoms. The molecule has 2 aliphatic rings. The van der Waals surface area contributed by atoms with Crippen molar-refractivity contribution in [2.24, 2.45) is 0 Å². The Labute approximate surface area is 216 Å². The van der Waals surface area contributed by atoms with Crippen molar-refractivity contribution >= 4 is 58.4 Å². The normalized spacial score (nSPS) is 12.8. The number of hydrogen-bond donors (Lipinski definition) is 0. The van der Waals surface area contributed by atoms with E-state index in [1.54, 1.807) is 52.0 Å². The van der Waals surface area contributed by atoms with Gasteiger partial charge in [0.2, 0.25) is 0 Å². The summed E-state index contributed by atoms with van der Waals surface area (Å²) >= 11 is 0. The predicted octanol–water partition coefficient (Wildman–Crippen LogP) is 5.81. The smallest absolute Gasteiger partial charge is 0.434 e. The van der Waals surface area contributed by atoms with E-state index in [0.29, 0.717) is 33.0 Å². The van der Waals surface area contributed by atoms with E-state index in [1.807, 2.05) is 0 Å². The van der Waals surface area contributed by atoms with Crippen molar-refractivity contribution in [1.29, 1.82) is 0 Å². The van der Waals surface area contributed by atoms with Gasteiger partial charge in [-0.2, -0.15) is 0 Å². The molecule has 0 atom stereocenters. The van der Waals surface area contributed by atoms with Gasteiger partial charge in [0, 0.05) is 33.0 Å². The molecule has 0 saturated carbocycles. The van der Waals surface area contributed by atoms with Crippen molar-refractivity contribution < 1.29 is 57.1 Å². The Bertz CT molecular complexity index is 1180. The van der Waals surface area contributed by atoms with Crippen LogP contribution in [0.4, 0.5) is 19.2 Å². The Balaban J connectivity index is 1.88. The Hall–Kier alpha value is -4.74. The summed E-state index contributed by atoms with van der Waals surface area (Å²) in [5, 5.41) is 0.956. The highest BCUT2D eigenvalue weighted by Crippen LogP contribution is 2.51. The maximum Gasteiger partial charge on any atom is 0.513 e. The summed E-state index contributed by atoms with van der Waals surface area (Å²) in [5.74, 6) is -0.323. The molecule has 12 heteroatoms. The van der Waals surface area contributed by atoms with Crippen molar-refractivity contribution in [1.82, 2.24) is 0 Å². The summed E-state index contributed by atoms with van der Waals surface area (Å²) in [4.78, 5) is 49.0. The average Bonchev–Trinajstić information content (AvgIpc) is 3.31. The second kappa shape index (κ2) is 11.1. The van der Waals surface area contributed by atoms with Gasteiger partial charge in [-0.15, -0.1) is 0 Å². The highest BCUT2D eigenvalue weighted by molar-refractivity contribution is 6.21. The van der Waals surface area contributed by atoms with Crippen molar-refractivity contribution in [3.05, 3.63) is 46.5 Å². The lowest BCUT2D eigenvalue weighted by molar-refractivity contribution is 0.0872. The van der Waals surface area contributed by atoms with Gasteiger partial charge in [0.1, 0.15) is 0 Å². The second-order valence-corrected chi connectivity index (χ2v) is 7.53. The van der Waals surface area contributed by atoms with Gasteiger partial charge in [-0.1, -0.05) is 0 Å². The van der Waals surface area contributed by atoms with E-state index in [-0.39, 0.29) is 49.5 Å². The van der Waals surface area contributed by atoms with E-state index in [2.05, 4.69) is 0 Å². The molecule has 12 nitrogen and oxygen atoms in total. The number of carbonyl (C=O) groups is 4. The van der Waals surface area contributed by atoms with Gasteiger partial charge in [0.15, 0.2) is 23.0 Å². The molecule has 0 aromatic heterocycles. The number of benzene rings is 2. The minimum absolute atomic E-state index is 0.0542. The van der Waals surface area contributed by atoms with Crippen LogP contribution >= 0.6 is 0 Å². The third-order valence-corrected chi connectivity index (χ3v) is 5.34. The van der Waals surface area contributed by atoms with Crippen molar-refractivity contribution in [2.45, 2.75) is 27.7 Å². The van der Waals surface area contributed by atoms with Crippen molar-refractivity contribution in [3.8, 4) is 0 Å². The molecular formula is C26H24O12. The largest absolute Gasteiger partial charge is 0.513 e. The lowest BCUT2D eigenvalue weighted by Crippen LogP contribution is -2.10. The minimum atomic E-state index is -1.01. The topological polar surface area (TPSA) is 142 Å². The second-order valence-electron chi connectivity index (χ2n) is 7.53. The van der Waals surface area contributed by atoms with Gasteiger partial charge in [-0.25, -0.2) is 19.2 Å². The molecule has 2 aliphatic carbocycles. The van der Waals surface area contributed by atoms with Gasteiger partial charge >= 0.3 is 24.6 Å². The van der Waals surface area contributed by atoms with Crippen LogP contribution in [0.1, 0.15) is 49.9 Å². The van der Waals surface area contributed by atoms with Gasteiger partial charge in [-0.3, -0.25) is 0 Å². The fraction of sp³-hybridized carbons (Fsp3) is 0.308. The monoisotopic (exact) mass is 528 g/mol. The molecule has 4 rings (SSSR count). The first-order valence-corrected chi connectivity index (χ1v) is 11.8. The molecule has 0 fully saturated rings. The molecule has 0 saturated heterocycles. The van der Waals surface area contributed by atoms with E-state index in [9.17, 15) is 19.2 Å². The quantitative estimate of drug-likeness (QED) is 0.301. The molecule has 2 aromatic rings. The van der Waals surface area contributed by atoms with E-state index in [4.69, 9.17) is 37.9 Å². The molecular weight excluding hydrogens is 504 g/mol. The maximum atomic E-state index is 12.2. The Morgan fingerprint density at radius 1 is 0.447 bits per heavy atom. The minimum Gasteiger partial charge on any atom is -0.434 e. The molecule has 200 valence electrons. The van der Waals surface area contributed by atoms with Crippen LogP contribution in [0, 0.1) is 0 Å². The van der Waals surface area contributed by atoms with E-state index >= 15 is 0 Å². The number of hydrogen-bond acceptors (Lipinski definition) is 12. The van der Waals surface area contributed by atoms with Crippen molar-refractivity contribution in [2.75, 3.05) is 26.4 Å². The van der Waals surface area contributed by atoms with Crippen LogP contribution in [-0.4, -0.2) is 51.0 Å². The summed E-state index contributed by atoms with van der Waals surface area (Å²) in [6.45, 7) is 6.66. The van der Waals surface area contributed by atoms with Crippen LogP contribution in [-0.2, 0) is 37.9 Å². The van der Waals surface area contributed by atoms with Crippen molar-refractivity contribution in [3.63, 3.8) is 0 Å². The van der Waals surface area contributed by atoms with Gasteiger partial charge in [-0.05, 0) is 52.0 Å². The Morgan fingerprint density at radius 2 is 0.658 bits per heavy atom. The lowest BCUT2D eigenvalue weighted by Gasteiger charge is -2.11. The summed E-state index contributed by atoms with van der Waals surface area (Å²) in [5.41, 5.74) is 1.50. The predicted molar refractivity (Wildman–Crippen MR) is 130 cm³/mol. The number of rotatable bonds is 8. The van der Waals surface area contributed by atoms with Crippen LogP contribution in [0.15, 0.2) is 24.3 Å². The molecule has 0 unspecified atom stereocenters. The van der Waals surface area contributed by atoms with Crippen LogP contribution in [0.25, 0.3) is 33.8 Å². The van der Waals surface area contributed by atoms with Gasteiger partial charge < -0.3 is 37.9 Å². The first kappa shape index (κ1) is 26.3. The number of carbonyl (C=O) groups excluding carboxylic acids is 4. The SMILES string of the molecule is CCOC(=O)OC1=C(OC(=O)OCC)c2ccc3c4c(ccc1c24)C(OC(=O)OCC)=C3OC(=O)OCC. The standard InChI is InChI=1S/C26H24O12/c1-5-31-23(27)35-19-13-9-10-15-18-16(12-11-14(17(13)18)20(19)36-24(28)32-6-2)22(38-26(30)34-8-4)21(15)37-25(29)33-7-3/h9-12H,5-8H2,1-4H3. The maximum absolute atomic E-state index is 12.2. The fourth-order valence-corrected chi connectivity index (χ4v) is 4.07. The van der Waals surface area contributed by atoms with Gasteiger partial charge in [0.05, 0.1) is 26.4 Å². The molecule has 0 spiro atoms. The molecule has 0 heterocycles. The van der Waals surface area contributed by atoms with Crippen LogP contribution < -0.4 is 0 Å². The molecule has 0 amide bonds. The molecule has 0 N–H and O–H groups in total. The Morgan fingerprint density at radius 3 is 0.842 bits per heavy atom. The zero-order valence-corrected chi connectivity index (χ0v) is 21.0. The summed E-state index contributed by atoms with van der Waals surface area (Å²) < 4.78 is 41.3. The number of ether oxygens (including phenoxy) is 8. The fourth-order valence-electron chi connectivity index (χ4n) is 4.07. The average molecular weight is 528 g/mol. The molecule has 38 heavy (non-hydrogen) atoms. The third kappa shape index (κ3) is 4.80. The lowest BCUT2D eigenvalue weighted by atomic mass is 9.98. The third-order valence-electron chi connectivity index (χ3n) is 5.34. The first-order chi connectivity index (χ1) is 18.3. The molecule has 2 aromatic carbocycles. The molecule has 0 aliphatic heterocycles. The van der Waals surface area contributed by atoms with E-state index < -0.39 is 24.6 Å². The van der Waals surface area contributed by atoms with Gasteiger partial charge in [0.25, 0.3) is 0 Å². The zero-order chi connectivity index (χ0) is 27.4. The highest BCUT2D eigenvalue weighted by atomic mass is 16.8. The van der Waals surface area contributed by atoms with Crippen LogP contribution in [0.2, 0.25) is 0 Å². The summed E-state index contributed by atoms with van der Waals surface area (Å²) in [6.07, 6.45) is -4.04. The summed E-state index contributed by atoms with van der Waals surface area (Å²) in [6, 6.07) is 6.29. The van der Waals surface area contributed by atoms with Crippen LogP contribution in [0.3, 0.4) is 0 Å². The first-order valence-electron chi connectivity index (χ1n) is 11.8. The highest BCUT2D eigenvalue weighted by Gasteiger charge is 2.38. The zero-order valence-electron chi connectivity index (χ0n) is 21.0. The van der Waals surface area contributed by atoms with E-state index in [0.717, 1.165) is 0 Å². The Kier molecular flexibility index (Phi) is 7.70.